The third kappa shape index (κ3) is 12.7. The summed E-state index contributed by atoms with van der Waals surface area (Å²) < 4.78 is 45.3. The molecule has 4 aromatic carbocycles. The van der Waals surface area contributed by atoms with Gasteiger partial charge in [0.05, 0.1) is 44.3 Å². The molecule has 2 aromatic heterocycles. The molecule has 7 rings (SSSR count). The van der Waals surface area contributed by atoms with Crippen LogP contribution in [-0.4, -0.2) is 82.8 Å². The lowest BCUT2D eigenvalue weighted by molar-refractivity contribution is -0.143. The fourth-order valence-electron chi connectivity index (χ4n) is 8.57. The number of nitrogens with zero attached hydrogens (tertiary/aromatic N) is 4. The van der Waals surface area contributed by atoms with Gasteiger partial charge in [0.15, 0.2) is 5.75 Å². The summed E-state index contributed by atoms with van der Waals surface area (Å²) in [6.07, 6.45) is 3.82. The zero-order valence-electron chi connectivity index (χ0n) is 41.9. The Balaban J connectivity index is 0.893. The Labute approximate surface area is 424 Å². The number of amides is 4. The highest BCUT2D eigenvalue weighted by molar-refractivity contribution is 7.92. The van der Waals surface area contributed by atoms with Crippen molar-refractivity contribution in [2.75, 3.05) is 24.4 Å². The first-order chi connectivity index (χ1) is 34.3. The second kappa shape index (κ2) is 23.0. The standard InChI is InChI=1S/C53H64N8O9S2/c1-8-27-69-38-16-13-17-39(29-38)70-45-31-44-43(59(6)52(66)60(44)7)30-41(45)58-72(67,68)40-18-12-15-37(28-40)49(63)54-25-11-9-10-20-46(62)57-48(53(3,4)5)51(65)61-26-14-19-42(61)50(64)55-32-35-21-23-36(24-22-35)47-34(2)56-33-71-47/h12-13,15-18,21-24,28-31,33,42,48,58H,8-11,14,19-20,25-27,32H2,1-7H3,(H,54,63)(H,55,64)(H,57,62)/t42-,48?/m0/s1. The Morgan fingerprint density at radius 1 is 0.889 bits per heavy atom. The van der Waals surface area contributed by atoms with Gasteiger partial charge < -0.3 is 30.3 Å². The molecule has 2 atom stereocenters. The van der Waals surface area contributed by atoms with Gasteiger partial charge in [-0.15, -0.1) is 11.3 Å². The second-order valence-electron chi connectivity index (χ2n) is 19.1. The number of hydrogen-bond acceptors (Lipinski definition) is 11. The van der Waals surface area contributed by atoms with Crippen LogP contribution < -0.4 is 35.8 Å². The van der Waals surface area contributed by atoms with Gasteiger partial charge in [-0.05, 0) is 92.0 Å². The van der Waals surface area contributed by atoms with Crippen molar-refractivity contribution in [3.63, 3.8) is 0 Å². The number of likely N-dealkylation sites (tertiary alicyclic amines) is 1. The molecule has 4 amide bonds. The summed E-state index contributed by atoms with van der Waals surface area (Å²) in [7, 11) is -1.09. The summed E-state index contributed by atoms with van der Waals surface area (Å²) in [5, 5.41) is 8.80. The second-order valence-corrected chi connectivity index (χ2v) is 21.6. The number of hydrogen-bond donors (Lipinski definition) is 4. The van der Waals surface area contributed by atoms with Crippen molar-refractivity contribution in [1.82, 2.24) is 35.0 Å². The van der Waals surface area contributed by atoms with E-state index in [9.17, 15) is 32.4 Å². The number of imidazole rings is 1. The van der Waals surface area contributed by atoms with E-state index in [4.69, 9.17) is 9.47 Å². The number of aryl methyl sites for hydroxylation is 3. The van der Waals surface area contributed by atoms with E-state index in [-0.39, 0.29) is 58.3 Å². The van der Waals surface area contributed by atoms with Gasteiger partial charge in [0.25, 0.3) is 15.9 Å². The van der Waals surface area contributed by atoms with E-state index in [1.807, 2.05) is 64.4 Å². The number of thiazole rings is 1. The molecule has 1 fully saturated rings. The van der Waals surface area contributed by atoms with Crippen molar-refractivity contribution in [2.24, 2.45) is 19.5 Å². The number of benzene rings is 4. The van der Waals surface area contributed by atoms with Gasteiger partial charge >= 0.3 is 5.69 Å². The fourth-order valence-corrected chi connectivity index (χ4v) is 10.5. The minimum Gasteiger partial charge on any atom is -0.493 e. The molecular weight excluding hydrogens is 957 g/mol. The van der Waals surface area contributed by atoms with Gasteiger partial charge in [0.2, 0.25) is 17.7 Å². The zero-order chi connectivity index (χ0) is 51.7. The third-order valence-corrected chi connectivity index (χ3v) is 14.9. The molecule has 1 aliphatic rings. The average molecular weight is 1020 g/mol. The zero-order valence-corrected chi connectivity index (χ0v) is 43.5. The van der Waals surface area contributed by atoms with E-state index in [1.165, 1.54) is 39.5 Å². The number of nitrogens with one attached hydrogen (secondary N) is 4. The Hall–Kier alpha value is -6.99. The van der Waals surface area contributed by atoms with Crippen LogP contribution in [0.2, 0.25) is 0 Å². The molecule has 1 aliphatic heterocycles. The molecule has 0 radical (unpaired) electrons. The molecule has 19 heteroatoms. The quantitative estimate of drug-likeness (QED) is 0.0514. The highest BCUT2D eigenvalue weighted by Crippen LogP contribution is 2.36. The van der Waals surface area contributed by atoms with E-state index in [1.54, 1.807) is 60.7 Å². The van der Waals surface area contributed by atoms with E-state index in [0.29, 0.717) is 74.3 Å². The number of sulfonamides is 1. The molecular formula is C53H64N8O9S2. The number of rotatable bonds is 21. The number of anilines is 1. The first-order valence-corrected chi connectivity index (χ1v) is 26.6. The predicted molar refractivity (Wildman–Crippen MR) is 279 cm³/mol. The summed E-state index contributed by atoms with van der Waals surface area (Å²) in [4.78, 5) is 73.8. The molecule has 0 aliphatic carbocycles. The normalized spacial score (nSPS) is 14.2. The van der Waals surface area contributed by atoms with Crippen LogP contribution in [0.5, 0.6) is 17.2 Å². The van der Waals surface area contributed by atoms with E-state index in [0.717, 1.165) is 28.1 Å². The van der Waals surface area contributed by atoms with Crippen molar-refractivity contribution in [3.8, 4) is 27.7 Å². The van der Waals surface area contributed by atoms with Gasteiger partial charge in [-0.25, -0.2) is 18.2 Å². The van der Waals surface area contributed by atoms with Crippen LogP contribution >= 0.6 is 11.3 Å². The molecule has 3 heterocycles. The lowest BCUT2D eigenvalue weighted by Crippen LogP contribution is -2.57. The van der Waals surface area contributed by atoms with Crippen LogP contribution in [0.1, 0.15) is 94.3 Å². The molecule has 6 aromatic rings. The van der Waals surface area contributed by atoms with Crippen LogP contribution in [0.15, 0.2) is 100 Å². The van der Waals surface area contributed by atoms with Gasteiger partial charge in [0.1, 0.15) is 23.6 Å². The number of fused-ring (bicyclic) bond motifs is 1. The smallest absolute Gasteiger partial charge is 0.328 e. The van der Waals surface area contributed by atoms with E-state index < -0.39 is 33.4 Å². The predicted octanol–water partition coefficient (Wildman–Crippen LogP) is 7.82. The molecule has 382 valence electrons. The lowest BCUT2D eigenvalue weighted by atomic mass is 9.85. The fraction of sp³-hybridized carbons (Fsp3) is 0.396. The van der Waals surface area contributed by atoms with Crippen LogP contribution in [0.25, 0.3) is 21.5 Å². The summed E-state index contributed by atoms with van der Waals surface area (Å²) >= 11 is 1.58. The molecule has 0 bridgehead atoms. The van der Waals surface area contributed by atoms with Gasteiger partial charge in [-0.3, -0.25) is 33.0 Å². The summed E-state index contributed by atoms with van der Waals surface area (Å²) in [5.41, 5.74) is 5.06. The van der Waals surface area contributed by atoms with Gasteiger partial charge in [-0.1, -0.05) is 70.5 Å². The number of ether oxygens (including phenoxy) is 2. The van der Waals surface area contributed by atoms with Crippen molar-refractivity contribution in [3.05, 3.63) is 118 Å². The van der Waals surface area contributed by atoms with Crippen molar-refractivity contribution in [1.29, 1.82) is 0 Å². The first-order valence-electron chi connectivity index (χ1n) is 24.2. The van der Waals surface area contributed by atoms with Crippen LogP contribution in [0, 0.1) is 12.3 Å². The van der Waals surface area contributed by atoms with E-state index in [2.05, 4.69) is 25.7 Å². The van der Waals surface area contributed by atoms with Crippen molar-refractivity contribution >= 4 is 61.7 Å². The maximum absolute atomic E-state index is 14.1. The maximum atomic E-state index is 14.1. The Bertz CT molecular complexity index is 3100. The number of unbranched alkanes of at least 4 members (excludes halogenated alkanes) is 2. The summed E-state index contributed by atoms with van der Waals surface area (Å²) in [6.45, 7) is 11.1. The number of carbonyl (C=O) groups is 4. The monoisotopic (exact) mass is 1020 g/mol. The summed E-state index contributed by atoms with van der Waals surface area (Å²) in [5.74, 6) is -0.166. The maximum Gasteiger partial charge on any atom is 0.328 e. The lowest BCUT2D eigenvalue weighted by Gasteiger charge is -2.35. The minimum atomic E-state index is -4.29. The van der Waals surface area contributed by atoms with Gasteiger partial charge in [-0.2, -0.15) is 0 Å². The Morgan fingerprint density at radius 3 is 2.32 bits per heavy atom. The Morgan fingerprint density at radius 2 is 1.61 bits per heavy atom. The highest BCUT2D eigenvalue weighted by atomic mass is 32.2. The van der Waals surface area contributed by atoms with Crippen molar-refractivity contribution in [2.45, 2.75) is 103 Å². The van der Waals surface area contributed by atoms with Crippen molar-refractivity contribution < 1.29 is 37.1 Å². The summed E-state index contributed by atoms with van der Waals surface area (Å²) in [6, 6.07) is 22.2. The highest BCUT2D eigenvalue weighted by Gasteiger charge is 2.41. The molecule has 72 heavy (non-hydrogen) atoms. The van der Waals surface area contributed by atoms with Crippen LogP contribution in [-0.2, 0) is 45.0 Å². The molecule has 4 N–H and O–H groups in total. The first kappa shape index (κ1) is 52.8. The molecule has 1 saturated heterocycles. The number of carbonyl (C=O) groups excluding carboxylic acids is 4. The number of aromatic nitrogens is 3. The largest absolute Gasteiger partial charge is 0.493 e. The minimum absolute atomic E-state index is 0.0739. The van der Waals surface area contributed by atoms with E-state index >= 15 is 0 Å². The molecule has 0 saturated carbocycles. The van der Waals surface area contributed by atoms with Crippen LogP contribution in [0.4, 0.5) is 5.69 Å². The average Bonchev–Trinajstić information content (AvgIpc) is 4.08. The Kier molecular flexibility index (Phi) is 16.9. The van der Waals surface area contributed by atoms with Gasteiger partial charge in [0, 0.05) is 57.8 Å². The molecule has 17 nitrogen and oxygen atoms in total. The molecule has 0 spiro atoms. The SMILES string of the molecule is CCCOc1cccc(Oc2cc3c(cc2NS(=O)(=O)c2cccc(C(=O)NCCCCCC(=O)NC(C(=O)N4CCC[C@H]4C(=O)NCc4ccc(-c5scnc5C)cc4)C(C)(C)C)c2)n(C)c(=O)n3C)c1. The van der Waals surface area contributed by atoms with Crippen LogP contribution in [0.3, 0.4) is 0 Å². The third-order valence-electron chi connectivity index (χ3n) is 12.6. The topological polar surface area (TPSA) is 212 Å². The molecule has 1 unspecified atom stereocenters.